The summed E-state index contributed by atoms with van der Waals surface area (Å²) in [6.45, 7) is 5.15. The summed E-state index contributed by atoms with van der Waals surface area (Å²) in [5, 5.41) is 0.664. The number of quaternary nitrogens is 1. The minimum Gasteiger partial charge on any atom is -0.375 e. The second kappa shape index (κ2) is 10.8. The Balaban J connectivity index is 1.33. The van der Waals surface area contributed by atoms with E-state index in [1.54, 1.807) is 18.3 Å². The highest BCUT2D eigenvalue weighted by atomic mass is 32.1. The summed E-state index contributed by atoms with van der Waals surface area (Å²) in [5.41, 5.74) is 9.62. The molecule has 2 N–H and O–H groups in total. The number of aromatic nitrogens is 1. The molecule has 198 valence electrons. The van der Waals surface area contributed by atoms with E-state index in [9.17, 15) is 9.18 Å². The Morgan fingerprint density at radius 3 is 2.73 bits per heavy atom. The molecular weight excluding hydrogens is 483 g/mol. The second-order valence-electron chi connectivity index (χ2n) is 11.6. The Bertz CT molecular complexity index is 1230. The highest BCUT2D eigenvalue weighted by molar-refractivity contribution is 7.15. The molecule has 5 nitrogen and oxygen atoms in total. The number of hydrogen-bond donors (Lipinski definition) is 1. The van der Waals surface area contributed by atoms with E-state index in [4.69, 9.17) is 10.7 Å². The number of nitrogens with zero attached hydrogens (tertiary/aromatic N) is 3. The van der Waals surface area contributed by atoms with E-state index in [0.717, 1.165) is 74.3 Å². The minimum absolute atomic E-state index is 0.0161. The van der Waals surface area contributed by atoms with Gasteiger partial charge in [0.25, 0.3) is 0 Å². The van der Waals surface area contributed by atoms with Crippen LogP contribution in [-0.2, 0) is 17.6 Å². The molecule has 0 radical (unpaired) electrons. The van der Waals surface area contributed by atoms with Crippen LogP contribution in [0.4, 0.5) is 9.52 Å². The van der Waals surface area contributed by atoms with Gasteiger partial charge in [0, 0.05) is 16.4 Å². The van der Waals surface area contributed by atoms with Crippen molar-refractivity contribution < 1.29 is 13.7 Å². The number of anilines is 1. The summed E-state index contributed by atoms with van der Waals surface area (Å²) < 4.78 is 14.5. The van der Waals surface area contributed by atoms with Crippen molar-refractivity contribution in [1.82, 2.24) is 4.98 Å². The Labute approximate surface area is 224 Å². The smallest absolute Gasteiger partial charge is 0.206 e. The van der Waals surface area contributed by atoms with Crippen molar-refractivity contribution in [1.29, 1.82) is 0 Å². The number of likely N-dealkylation sites (N-methyl/N-ethyl adjacent to an activating group) is 1. The summed E-state index contributed by atoms with van der Waals surface area (Å²) >= 11 is 1.62. The molecule has 3 atom stereocenters. The van der Waals surface area contributed by atoms with Crippen LogP contribution in [0.1, 0.15) is 73.6 Å². The third kappa shape index (κ3) is 5.58. The molecule has 0 spiro atoms. The molecule has 37 heavy (non-hydrogen) atoms. The van der Waals surface area contributed by atoms with Gasteiger partial charge in [-0.1, -0.05) is 19.8 Å². The number of benzene rings is 1. The van der Waals surface area contributed by atoms with Crippen molar-refractivity contribution in [2.45, 2.75) is 71.6 Å². The molecule has 1 aromatic carbocycles. The van der Waals surface area contributed by atoms with Crippen LogP contribution >= 0.6 is 11.3 Å². The monoisotopic (exact) mass is 523 g/mol. The molecule has 5 rings (SSSR count). The van der Waals surface area contributed by atoms with Crippen LogP contribution in [0.3, 0.4) is 0 Å². The fourth-order valence-electron chi connectivity index (χ4n) is 6.56. The van der Waals surface area contributed by atoms with Gasteiger partial charge in [-0.2, -0.15) is 0 Å². The molecule has 0 saturated heterocycles. The van der Waals surface area contributed by atoms with Crippen molar-refractivity contribution >= 4 is 33.8 Å². The number of aliphatic imine (C=N–C) groups is 1. The van der Waals surface area contributed by atoms with Crippen molar-refractivity contribution in [3.05, 3.63) is 51.8 Å². The van der Waals surface area contributed by atoms with Crippen molar-refractivity contribution in [2.24, 2.45) is 22.7 Å². The molecule has 1 aromatic heterocycles. The predicted octanol–water partition coefficient (Wildman–Crippen LogP) is 6.35. The molecule has 1 saturated carbocycles. The first-order valence-electron chi connectivity index (χ1n) is 13.9. The van der Waals surface area contributed by atoms with Crippen LogP contribution in [0.2, 0.25) is 0 Å². The van der Waals surface area contributed by atoms with Gasteiger partial charge in [-0.25, -0.2) is 14.4 Å². The third-order valence-corrected chi connectivity index (χ3v) is 9.88. The normalized spacial score (nSPS) is 25.6. The zero-order chi connectivity index (χ0) is 26.2. The van der Waals surface area contributed by atoms with E-state index in [1.807, 2.05) is 12.1 Å². The summed E-state index contributed by atoms with van der Waals surface area (Å²) in [4.78, 5) is 24.9. The highest BCUT2D eigenvalue weighted by Crippen LogP contribution is 2.36. The summed E-state index contributed by atoms with van der Waals surface area (Å²) in [6.07, 6.45) is 11.9. The molecule has 2 heterocycles. The number of Topliss-reactive ketones (excluding diaryl/α,β-unsaturated/α-hetero) is 1. The fourth-order valence-corrected chi connectivity index (χ4v) is 7.48. The van der Waals surface area contributed by atoms with Gasteiger partial charge < -0.3 is 5.73 Å². The molecule has 0 amide bonds. The largest absolute Gasteiger partial charge is 0.375 e. The maximum Gasteiger partial charge on any atom is 0.206 e. The quantitative estimate of drug-likeness (QED) is 0.449. The Morgan fingerprint density at radius 1 is 1.19 bits per heavy atom. The van der Waals surface area contributed by atoms with E-state index >= 15 is 0 Å². The van der Waals surface area contributed by atoms with Gasteiger partial charge in [-0.05, 0) is 87.6 Å². The van der Waals surface area contributed by atoms with Crippen LogP contribution in [0.15, 0.2) is 29.3 Å². The van der Waals surface area contributed by atoms with Crippen LogP contribution in [0, 0.1) is 30.5 Å². The standard InChI is InChI=1S/C30H40FN4OS/c1-19-17-23(11-13-24(19)31)25-15-16-35(3,29(33-25)22-7-4-5-8-22)18-27(36)20(2)21-9-6-10-28-26(14-12-21)34-30(32)37-28/h11,13,15,17,20-22H,4-10,12,14,16,18H2,1-3H3,(H2,32,34)/q+1. The Hall–Kier alpha value is -2.38. The average Bonchev–Trinajstić information content (AvgIpc) is 3.50. The summed E-state index contributed by atoms with van der Waals surface area (Å²) in [7, 11) is 2.19. The van der Waals surface area contributed by atoms with Crippen molar-refractivity contribution in [3.8, 4) is 0 Å². The van der Waals surface area contributed by atoms with E-state index in [-0.39, 0.29) is 11.7 Å². The van der Waals surface area contributed by atoms with Crippen LogP contribution in [0.5, 0.6) is 0 Å². The summed E-state index contributed by atoms with van der Waals surface area (Å²) in [5.74, 6) is 2.09. The first-order chi connectivity index (χ1) is 17.7. The zero-order valence-corrected chi connectivity index (χ0v) is 23.2. The molecule has 1 fully saturated rings. The Kier molecular flexibility index (Phi) is 7.64. The molecule has 3 aliphatic rings. The first kappa shape index (κ1) is 26.2. The van der Waals surface area contributed by atoms with Gasteiger partial charge in [0.1, 0.15) is 18.9 Å². The fraction of sp³-hybridized carbons (Fsp3) is 0.567. The molecule has 2 aliphatic carbocycles. The minimum atomic E-state index is -0.191. The van der Waals surface area contributed by atoms with E-state index < -0.39 is 0 Å². The van der Waals surface area contributed by atoms with Gasteiger partial charge in [-0.3, -0.25) is 9.28 Å². The number of thiazole rings is 1. The van der Waals surface area contributed by atoms with E-state index in [2.05, 4.69) is 25.0 Å². The predicted molar refractivity (Wildman–Crippen MR) is 150 cm³/mol. The van der Waals surface area contributed by atoms with E-state index in [0.29, 0.717) is 39.3 Å². The zero-order valence-electron chi connectivity index (χ0n) is 22.4. The number of amidine groups is 1. The number of carbonyl (C=O) groups is 1. The number of nitrogens with two attached hydrogens (primary N) is 1. The highest BCUT2D eigenvalue weighted by Gasteiger charge is 2.41. The molecular formula is C30H40FN4OS+. The lowest BCUT2D eigenvalue weighted by atomic mass is 9.81. The number of carbonyl (C=O) groups excluding carboxylic acids is 1. The third-order valence-electron chi connectivity index (χ3n) is 8.89. The maximum atomic E-state index is 13.9. The molecule has 7 heteroatoms. The molecule has 2 aromatic rings. The number of ketones is 1. The van der Waals surface area contributed by atoms with Gasteiger partial charge >= 0.3 is 0 Å². The van der Waals surface area contributed by atoms with E-state index in [1.165, 1.54) is 23.8 Å². The van der Waals surface area contributed by atoms with Crippen LogP contribution in [-0.4, -0.2) is 41.2 Å². The first-order valence-corrected chi connectivity index (χ1v) is 14.7. The average molecular weight is 524 g/mol. The molecule has 3 unspecified atom stereocenters. The lowest BCUT2D eigenvalue weighted by Crippen LogP contribution is -2.56. The maximum absolute atomic E-state index is 13.9. The number of rotatable bonds is 6. The van der Waals surface area contributed by atoms with Gasteiger partial charge in [0.15, 0.2) is 10.9 Å². The number of halogens is 1. The van der Waals surface area contributed by atoms with Gasteiger partial charge in [0.05, 0.1) is 24.4 Å². The lowest BCUT2D eigenvalue weighted by molar-refractivity contribution is -0.809. The van der Waals surface area contributed by atoms with Gasteiger partial charge in [0.2, 0.25) is 5.84 Å². The van der Waals surface area contributed by atoms with Crippen molar-refractivity contribution in [2.75, 3.05) is 25.9 Å². The molecule has 0 bridgehead atoms. The lowest BCUT2D eigenvalue weighted by Gasteiger charge is -2.39. The number of fused-ring (bicyclic) bond motifs is 1. The number of nitrogen functional groups attached to an aromatic ring is 1. The Morgan fingerprint density at radius 2 is 1.97 bits per heavy atom. The number of aryl methyl sites for hydroxylation is 3. The second-order valence-corrected chi connectivity index (χ2v) is 12.7. The molecule has 1 aliphatic heterocycles. The van der Waals surface area contributed by atoms with Gasteiger partial charge in [-0.15, -0.1) is 11.3 Å². The summed E-state index contributed by atoms with van der Waals surface area (Å²) in [6, 6.07) is 5.24. The topological polar surface area (TPSA) is 68.3 Å². The SMILES string of the molecule is Cc1cc(C2=CC[N+](C)(CC(=O)C(C)C3CCCc4sc(N)nc4CC3)C(C3CCCC3)=N2)ccc1F. The number of hydrogen-bond acceptors (Lipinski definition) is 5. The van der Waals surface area contributed by atoms with Crippen molar-refractivity contribution in [3.63, 3.8) is 0 Å². The van der Waals surface area contributed by atoms with Crippen LogP contribution < -0.4 is 5.73 Å². The van der Waals surface area contributed by atoms with Crippen LogP contribution in [0.25, 0.3) is 5.70 Å².